The molecule has 7 heteroatoms. The van der Waals surface area contributed by atoms with Crippen molar-refractivity contribution in [2.75, 3.05) is 12.4 Å². The highest BCUT2D eigenvalue weighted by Gasteiger charge is 2.20. The summed E-state index contributed by atoms with van der Waals surface area (Å²) in [5, 5.41) is 16.7. The van der Waals surface area contributed by atoms with Gasteiger partial charge in [0, 0.05) is 16.3 Å². The van der Waals surface area contributed by atoms with E-state index in [0.717, 1.165) is 43.9 Å². The van der Waals surface area contributed by atoms with Crippen molar-refractivity contribution in [1.29, 1.82) is 5.26 Å². The smallest absolute Gasteiger partial charge is 0.238 e. The molecule has 4 aromatic rings. The fourth-order valence-electron chi connectivity index (χ4n) is 3.87. The Morgan fingerprint density at radius 2 is 1.88 bits per heavy atom. The summed E-state index contributed by atoms with van der Waals surface area (Å²) in [6.07, 6.45) is 0. The summed E-state index contributed by atoms with van der Waals surface area (Å²) < 4.78 is 5.21. The number of ether oxygens (including phenoxy) is 1. The van der Waals surface area contributed by atoms with Gasteiger partial charge >= 0.3 is 0 Å². The molecule has 0 bridgehead atoms. The van der Waals surface area contributed by atoms with Gasteiger partial charge in [-0.2, -0.15) is 5.26 Å². The molecule has 1 atom stereocenters. The van der Waals surface area contributed by atoms with Gasteiger partial charge in [0.15, 0.2) is 0 Å². The molecule has 1 amide bonds. The zero-order chi connectivity index (χ0) is 24.4. The van der Waals surface area contributed by atoms with Crippen LogP contribution in [0.25, 0.3) is 22.0 Å². The Kier molecular flexibility index (Phi) is 6.92. The third-order valence-corrected chi connectivity index (χ3v) is 7.55. The lowest BCUT2D eigenvalue weighted by Crippen LogP contribution is -2.22. The molecular weight excluding hydrogens is 462 g/mol. The predicted octanol–water partition coefficient (Wildman–Crippen LogP) is 6.89. The lowest BCUT2D eigenvalue weighted by atomic mass is 10.0. The number of pyridine rings is 1. The quantitative estimate of drug-likeness (QED) is 0.300. The molecule has 0 radical (unpaired) electrons. The van der Waals surface area contributed by atoms with Crippen molar-refractivity contribution in [3.63, 3.8) is 0 Å². The molecule has 0 fully saturated rings. The van der Waals surface area contributed by atoms with E-state index >= 15 is 0 Å². The summed E-state index contributed by atoms with van der Waals surface area (Å²) in [5.41, 5.74) is 6.60. The molecule has 34 heavy (non-hydrogen) atoms. The van der Waals surface area contributed by atoms with Crippen LogP contribution in [-0.2, 0) is 4.79 Å². The maximum absolute atomic E-state index is 13.0. The maximum Gasteiger partial charge on any atom is 0.238 e. The van der Waals surface area contributed by atoms with Crippen molar-refractivity contribution in [2.45, 2.75) is 38.0 Å². The van der Waals surface area contributed by atoms with E-state index in [-0.39, 0.29) is 11.2 Å². The fourth-order valence-corrected chi connectivity index (χ4v) is 5.71. The van der Waals surface area contributed by atoms with Crippen LogP contribution in [0.1, 0.15) is 29.2 Å². The number of thioether (sulfide) groups is 1. The minimum absolute atomic E-state index is 0.162. The first kappa shape index (κ1) is 23.8. The molecule has 1 N–H and O–H groups in total. The van der Waals surface area contributed by atoms with Crippen LogP contribution in [0.2, 0.25) is 0 Å². The molecular formula is C27H25N3O2S2. The van der Waals surface area contributed by atoms with Gasteiger partial charge in [0.25, 0.3) is 0 Å². The minimum Gasteiger partial charge on any atom is -0.497 e. The van der Waals surface area contributed by atoms with Crippen LogP contribution in [0.4, 0.5) is 5.00 Å². The van der Waals surface area contributed by atoms with Gasteiger partial charge in [0.1, 0.15) is 16.8 Å². The normalized spacial score (nSPS) is 11.8. The number of nitriles is 1. The van der Waals surface area contributed by atoms with Gasteiger partial charge in [-0.3, -0.25) is 4.79 Å². The molecule has 2 heterocycles. The average molecular weight is 488 g/mol. The van der Waals surface area contributed by atoms with Gasteiger partial charge in [-0.05, 0) is 68.7 Å². The molecule has 2 aromatic carbocycles. The van der Waals surface area contributed by atoms with E-state index in [4.69, 9.17) is 9.72 Å². The number of hydrogen-bond donors (Lipinski definition) is 1. The number of nitrogens with one attached hydrogen (secondary N) is 1. The van der Waals surface area contributed by atoms with Crippen LogP contribution in [0.5, 0.6) is 5.75 Å². The fraction of sp³-hybridized carbons (Fsp3) is 0.222. The van der Waals surface area contributed by atoms with Crippen LogP contribution in [0.15, 0.2) is 52.9 Å². The van der Waals surface area contributed by atoms with Crippen LogP contribution < -0.4 is 10.1 Å². The Labute approximate surface area is 207 Å². The van der Waals surface area contributed by atoms with Crippen LogP contribution in [0, 0.1) is 32.1 Å². The number of benzene rings is 2. The first-order valence-electron chi connectivity index (χ1n) is 10.8. The number of aromatic nitrogens is 1. The molecule has 0 spiro atoms. The number of carbonyl (C=O) groups is 1. The zero-order valence-corrected chi connectivity index (χ0v) is 21.4. The lowest BCUT2D eigenvalue weighted by Gasteiger charge is -2.13. The number of rotatable bonds is 6. The third kappa shape index (κ3) is 4.79. The van der Waals surface area contributed by atoms with Gasteiger partial charge in [-0.1, -0.05) is 35.5 Å². The van der Waals surface area contributed by atoms with Crippen LogP contribution in [-0.4, -0.2) is 23.3 Å². The summed E-state index contributed by atoms with van der Waals surface area (Å²) in [5.74, 6) is 0.588. The monoisotopic (exact) mass is 487 g/mol. The summed E-state index contributed by atoms with van der Waals surface area (Å²) in [7, 11) is 1.62. The standard InChI is InChI=1S/C27H25N3O2S2/c1-15-10-17(3)25-21(11-15)16(2)12-24(29-25)34-18(4)26(31)30-27-22(13-28)23(14-33-27)19-6-8-20(32-5)9-7-19/h6-12,14,18H,1-5H3,(H,30,31). The number of anilines is 1. The molecule has 0 saturated carbocycles. The van der Waals surface area contributed by atoms with Gasteiger partial charge in [0.05, 0.1) is 28.5 Å². The van der Waals surface area contributed by atoms with Gasteiger partial charge < -0.3 is 10.1 Å². The molecule has 1 unspecified atom stereocenters. The van der Waals surface area contributed by atoms with Gasteiger partial charge in [0.2, 0.25) is 5.91 Å². The molecule has 0 aliphatic rings. The molecule has 4 rings (SSSR count). The number of methoxy groups -OCH3 is 1. The van der Waals surface area contributed by atoms with Crippen molar-refractivity contribution in [3.8, 4) is 22.9 Å². The number of nitrogens with zero attached hydrogens (tertiary/aromatic N) is 2. The molecule has 0 aliphatic heterocycles. The Bertz CT molecular complexity index is 1420. The molecule has 5 nitrogen and oxygen atoms in total. The van der Waals surface area contributed by atoms with E-state index in [9.17, 15) is 10.1 Å². The molecule has 172 valence electrons. The van der Waals surface area contributed by atoms with Crippen molar-refractivity contribution in [1.82, 2.24) is 4.98 Å². The predicted molar refractivity (Wildman–Crippen MR) is 141 cm³/mol. The number of fused-ring (bicyclic) bond motifs is 1. The van der Waals surface area contributed by atoms with E-state index < -0.39 is 0 Å². The molecule has 0 aliphatic carbocycles. The van der Waals surface area contributed by atoms with Crippen molar-refractivity contribution in [2.24, 2.45) is 0 Å². The van der Waals surface area contributed by atoms with Gasteiger partial charge in [-0.15, -0.1) is 11.3 Å². The van der Waals surface area contributed by atoms with E-state index in [1.165, 1.54) is 28.7 Å². The number of amides is 1. The highest BCUT2D eigenvalue weighted by Crippen LogP contribution is 2.36. The second-order valence-electron chi connectivity index (χ2n) is 8.20. The number of hydrogen-bond acceptors (Lipinski definition) is 6. The third-order valence-electron chi connectivity index (χ3n) is 5.64. The second kappa shape index (κ2) is 9.88. The highest BCUT2D eigenvalue weighted by atomic mass is 32.2. The summed E-state index contributed by atoms with van der Waals surface area (Å²) in [6.45, 7) is 8.07. The van der Waals surface area contributed by atoms with E-state index in [0.29, 0.717) is 10.6 Å². The number of thiophene rings is 1. The van der Waals surface area contributed by atoms with Gasteiger partial charge in [-0.25, -0.2) is 4.98 Å². The molecule has 0 saturated heterocycles. The Morgan fingerprint density at radius 3 is 2.56 bits per heavy atom. The van der Waals surface area contributed by atoms with E-state index in [1.807, 2.05) is 42.6 Å². The van der Waals surface area contributed by atoms with Crippen molar-refractivity contribution >= 4 is 44.9 Å². The topological polar surface area (TPSA) is 75.0 Å². The zero-order valence-electron chi connectivity index (χ0n) is 19.7. The van der Waals surface area contributed by atoms with E-state index in [2.05, 4.69) is 44.3 Å². The van der Waals surface area contributed by atoms with Crippen LogP contribution >= 0.6 is 23.1 Å². The SMILES string of the molecule is COc1ccc(-c2csc(NC(=O)C(C)Sc3cc(C)c4cc(C)cc(C)c4n3)c2C#N)cc1. The largest absolute Gasteiger partial charge is 0.497 e. The molecule has 2 aromatic heterocycles. The minimum atomic E-state index is -0.381. The van der Waals surface area contributed by atoms with Crippen molar-refractivity contribution < 1.29 is 9.53 Å². The Morgan fingerprint density at radius 1 is 1.15 bits per heavy atom. The second-order valence-corrected chi connectivity index (χ2v) is 10.4. The van der Waals surface area contributed by atoms with Crippen LogP contribution in [0.3, 0.4) is 0 Å². The Hall–Kier alpha value is -3.34. The first-order chi connectivity index (χ1) is 16.3. The van der Waals surface area contributed by atoms with E-state index in [1.54, 1.807) is 7.11 Å². The lowest BCUT2D eigenvalue weighted by molar-refractivity contribution is -0.115. The number of carbonyl (C=O) groups excluding carboxylic acids is 1. The first-order valence-corrected chi connectivity index (χ1v) is 12.6. The average Bonchev–Trinajstić information content (AvgIpc) is 3.22. The summed E-state index contributed by atoms with van der Waals surface area (Å²) >= 11 is 2.77. The number of aryl methyl sites for hydroxylation is 3. The maximum atomic E-state index is 13.0. The summed E-state index contributed by atoms with van der Waals surface area (Å²) in [4.78, 5) is 17.8. The Balaban J connectivity index is 1.53. The van der Waals surface area contributed by atoms with Crippen molar-refractivity contribution in [3.05, 3.63) is 70.1 Å². The summed E-state index contributed by atoms with van der Waals surface area (Å²) in [6, 6.07) is 16.1. The highest BCUT2D eigenvalue weighted by molar-refractivity contribution is 8.00.